The minimum Gasteiger partial charge on any atom is -0.465 e. The first-order valence-corrected chi connectivity index (χ1v) is 11.1. The normalized spacial score (nSPS) is 11.9. The SMILES string of the molecule is CCCCCS(=O)(=O)CC(=O)N(CC(=O)OCC)Cc1ccc(C(F)(F)F)cc1. The second-order valence-electron chi connectivity index (χ2n) is 6.55. The Morgan fingerprint density at radius 3 is 2.21 bits per heavy atom. The molecule has 0 atom stereocenters. The highest BCUT2D eigenvalue weighted by atomic mass is 32.2. The third-order valence-electron chi connectivity index (χ3n) is 4.03. The minimum absolute atomic E-state index is 0.0798. The topological polar surface area (TPSA) is 80.8 Å². The molecule has 1 aromatic rings. The Balaban J connectivity index is 2.92. The molecular formula is C19H26F3NO5S. The van der Waals surface area contributed by atoms with E-state index in [-0.39, 0.29) is 18.9 Å². The summed E-state index contributed by atoms with van der Waals surface area (Å²) in [6, 6.07) is 4.10. The molecule has 0 saturated carbocycles. The Bertz CT molecular complexity index is 776. The number of hydrogen-bond donors (Lipinski definition) is 0. The predicted molar refractivity (Wildman–Crippen MR) is 102 cm³/mol. The number of rotatable bonds is 11. The van der Waals surface area contributed by atoms with Gasteiger partial charge in [0.2, 0.25) is 5.91 Å². The zero-order valence-electron chi connectivity index (χ0n) is 16.5. The van der Waals surface area contributed by atoms with E-state index >= 15 is 0 Å². The van der Waals surface area contributed by atoms with E-state index in [0.29, 0.717) is 18.4 Å². The van der Waals surface area contributed by atoms with Crippen molar-refractivity contribution in [3.63, 3.8) is 0 Å². The van der Waals surface area contributed by atoms with Gasteiger partial charge in [0, 0.05) is 6.54 Å². The maximum atomic E-state index is 12.7. The van der Waals surface area contributed by atoms with E-state index in [4.69, 9.17) is 4.74 Å². The second-order valence-corrected chi connectivity index (χ2v) is 8.73. The first kappa shape index (κ1) is 24.9. The van der Waals surface area contributed by atoms with Gasteiger partial charge in [-0.15, -0.1) is 0 Å². The van der Waals surface area contributed by atoms with Gasteiger partial charge >= 0.3 is 12.1 Å². The average Bonchev–Trinajstić information content (AvgIpc) is 2.60. The summed E-state index contributed by atoms with van der Waals surface area (Å²) in [4.78, 5) is 25.3. The second kappa shape index (κ2) is 11.2. The van der Waals surface area contributed by atoms with Crippen LogP contribution < -0.4 is 0 Å². The summed E-state index contributed by atoms with van der Waals surface area (Å²) >= 11 is 0. The molecule has 0 aliphatic heterocycles. The number of halogens is 3. The van der Waals surface area contributed by atoms with Crippen LogP contribution in [-0.4, -0.2) is 49.9 Å². The number of esters is 1. The molecule has 6 nitrogen and oxygen atoms in total. The van der Waals surface area contributed by atoms with Gasteiger partial charge in [0.25, 0.3) is 0 Å². The average molecular weight is 437 g/mol. The van der Waals surface area contributed by atoms with Gasteiger partial charge < -0.3 is 9.64 Å². The van der Waals surface area contributed by atoms with E-state index in [1.54, 1.807) is 6.92 Å². The number of nitrogens with zero attached hydrogens (tertiary/aromatic N) is 1. The molecule has 0 spiro atoms. The smallest absolute Gasteiger partial charge is 0.416 e. The fraction of sp³-hybridized carbons (Fsp3) is 0.579. The lowest BCUT2D eigenvalue weighted by molar-refractivity contribution is -0.148. The highest BCUT2D eigenvalue weighted by Crippen LogP contribution is 2.29. The van der Waals surface area contributed by atoms with Crippen LogP contribution in [0.25, 0.3) is 0 Å². The lowest BCUT2D eigenvalue weighted by Crippen LogP contribution is -2.39. The van der Waals surface area contributed by atoms with Crippen LogP contribution in [-0.2, 0) is 36.9 Å². The van der Waals surface area contributed by atoms with Crippen LogP contribution in [0.4, 0.5) is 13.2 Å². The molecule has 1 rings (SSSR count). The van der Waals surface area contributed by atoms with Crippen molar-refractivity contribution in [2.24, 2.45) is 0 Å². The van der Waals surface area contributed by atoms with Crippen LogP contribution in [0.5, 0.6) is 0 Å². The van der Waals surface area contributed by atoms with Crippen molar-refractivity contribution in [3.8, 4) is 0 Å². The van der Waals surface area contributed by atoms with Crippen molar-refractivity contribution < 1.29 is 35.9 Å². The number of carbonyl (C=O) groups excluding carboxylic acids is 2. The Hall–Kier alpha value is -2.10. The van der Waals surface area contributed by atoms with Gasteiger partial charge in [0.15, 0.2) is 9.84 Å². The Morgan fingerprint density at radius 1 is 1.07 bits per heavy atom. The number of unbranched alkanes of at least 4 members (excludes halogenated alkanes) is 2. The Kier molecular flexibility index (Phi) is 9.61. The largest absolute Gasteiger partial charge is 0.465 e. The quantitative estimate of drug-likeness (QED) is 0.392. The van der Waals surface area contributed by atoms with E-state index in [2.05, 4.69) is 0 Å². The van der Waals surface area contributed by atoms with Gasteiger partial charge in [-0.25, -0.2) is 8.42 Å². The number of amides is 1. The molecule has 0 aliphatic rings. The summed E-state index contributed by atoms with van der Waals surface area (Å²) in [5, 5.41) is 0. The lowest BCUT2D eigenvalue weighted by Gasteiger charge is -2.22. The maximum absolute atomic E-state index is 12.7. The summed E-state index contributed by atoms with van der Waals surface area (Å²) in [5.41, 5.74) is -0.512. The van der Waals surface area contributed by atoms with Gasteiger partial charge in [-0.2, -0.15) is 13.2 Å². The van der Waals surface area contributed by atoms with Gasteiger partial charge in [-0.05, 0) is 31.0 Å². The first-order chi connectivity index (χ1) is 13.5. The number of alkyl halides is 3. The zero-order valence-corrected chi connectivity index (χ0v) is 17.3. The highest BCUT2D eigenvalue weighted by molar-refractivity contribution is 7.92. The fourth-order valence-corrected chi connectivity index (χ4v) is 3.88. The lowest BCUT2D eigenvalue weighted by atomic mass is 10.1. The van der Waals surface area contributed by atoms with Crippen molar-refractivity contribution >= 4 is 21.7 Å². The van der Waals surface area contributed by atoms with Gasteiger partial charge in [-0.1, -0.05) is 31.9 Å². The van der Waals surface area contributed by atoms with Crippen molar-refractivity contribution in [2.45, 2.75) is 45.8 Å². The third-order valence-corrected chi connectivity index (χ3v) is 5.63. The molecule has 29 heavy (non-hydrogen) atoms. The number of hydrogen-bond acceptors (Lipinski definition) is 5. The predicted octanol–water partition coefficient (Wildman–Crippen LogP) is 3.20. The molecule has 1 aromatic carbocycles. The maximum Gasteiger partial charge on any atom is 0.416 e. The Morgan fingerprint density at radius 2 is 1.69 bits per heavy atom. The minimum atomic E-state index is -4.49. The standard InChI is InChI=1S/C19H26F3NO5S/c1-3-5-6-11-29(26,27)14-17(24)23(13-18(25)28-4-2)12-15-7-9-16(10-8-15)19(20,21)22/h7-10H,3-6,11-14H2,1-2H3. The van der Waals surface area contributed by atoms with Crippen molar-refractivity contribution in [2.75, 3.05) is 24.7 Å². The number of sulfone groups is 1. The third kappa shape index (κ3) is 9.29. The van der Waals surface area contributed by atoms with Crippen LogP contribution in [0, 0.1) is 0 Å². The molecule has 0 heterocycles. The molecule has 1 amide bonds. The molecular weight excluding hydrogens is 411 g/mol. The summed E-state index contributed by atoms with van der Waals surface area (Å²) < 4.78 is 67.2. The van der Waals surface area contributed by atoms with Crippen LogP contribution in [0.15, 0.2) is 24.3 Å². The van der Waals surface area contributed by atoms with E-state index in [1.807, 2.05) is 6.92 Å². The monoisotopic (exact) mass is 437 g/mol. The van der Waals surface area contributed by atoms with Gasteiger partial charge in [0.05, 0.1) is 17.9 Å². The molecule has 0 saturated heterocycles. The van der Waals surface area contributed by atoms with Crippen molar-refractivity contribution in [1.29, 1.82) is 0 Å². The summed E-state index contributed by atoms with van der Waals surface area (Å²) in [5.74, 6) is -2.43. The van der Waals surface area contributed by atoms with E-state index in [1.165, 1.54) is 12.1 Å². The van der Waals surface area contributed by atoms with E-state index in [0.717, 1.165) is 23.5 Å². The number of benzene rings is 1. The molecule has 0 aromatic heterocycles. The fourth-order valence-electron chi connectivity index (χ4n) is 2.54. The molecule has 164 valence electrons. The summed E-state index contributed by atoms with van der Waals surface area (Å²) in [6.45, 7) is 2.88. The summed E-state index contributed by atoms with van der Waals surface area (Å²) in [6.07, 6.45) is -2.52. The van der Waals surface area contributed by atoms with Crippen molar-refractivity contribution in [3.05, 3.63) is 35.4 Å². The number of carbonyl (C=O) groups is 2. The van der Waals surface area contributed by atoms with Crippen LogP contribution in [0.1, 0.15) is 44.2 Å². The highest BCUT2D eigenvalue weighted by Gasteiger charge is 2.30. The summed E-state index contributed by atoms with van der Waals surface area (Å²) in [7, 11) is -3.66. The Labute approximate surface area is 168 Å². The van der Waals surface area contributed by atoms with Crippen LogP contribution in [0.3, 0.4) is 0 Å². The molecule has 10 heteroatoms. The van der Waals surface area contributed by atoms with Gasteiger partial charge in [-0.3, -0.25) is 9.59 Å². The number of ether oxygens (including phenoxy) is 1. The van der Waals surface area contributed by atoms with Crippen LogP contribution >= 0.6 is 0 Å². The first-order valence-electron chi connectivity index (χ1n) is 9.28. The van der Waals surface area contributed by atoms with Crippen LogP contribution in [0.2, 0.25) is 0 Å². The molecule has 0 fully saturated rings. The van der Waals surface area contributed by atoms with Gasteiger partial charge in [0.1, 0.15) is 12.3 Å². The molecule has 0 bridgehead atoms. The molecule has 0 unspecified atom stereocenters. The van der Waals surface area contributed by atoms with Crippen molar-refractivity contribution in [1.82, 2.24) is 4.90 Å². The van der Waals surface area contributed by atoms with E-state index < -0.39 is 45.8 Å². The molecule has 0 N–H and O–H groups in total. The van der Waals surface area contributed by atoms with E-state index in [9.17, 15) is 31.2 Å². The molecule has 0 radical (unpaired) electrons. The molecule has 0 aliphatic carbocycles. The zero-order chi connectivity index (χ0) is 22.1.